The molecule has 10 heteroatoms. The molecule has 3 heterocycles. The topological polar surface area (TPSA) is 73.8 Å². The minimum Gasteiger partial charge on any atom is -0.415 e. The smallest absolute Gasteiger partial charge is 0.388 e. The third kappa shape index (κ3) is 7.02. The zero-order valence-corrected chi connectivity index (χ0v) is 21.0. The van der Waals surface area contributed by atoms with E-state index in [1.807, 2.05) is 23.6 Å². The van der Waals surface area contributed by atoms with Crippen molar-refractivity contribution >= 4 is 11.8 Å². The summed E-state index contributed by atoms with van der Waals surface area (Å²) in [6.07, 6.45) is 3.32. The van der Waals surface area contributed by atoms with Gasteiger partial charge in [0, 0.05) is 44.3 Å². The van der Waals surface area contributed by atoms with Gasteiger partial charge < -0.3 is 19.9 Å². The van der Waals surface area contributed by atoms with Crippen molar-refractivity contribution < 1.29 is 18.3 Å². The molecule has 36 heavy (non-hydrogen) atoms. The number of ether oxygens (including phenoxy) is 1. The molecule has 2 aliphatic rings. The Morgan fingerprint density at radius 3 is 2.36 bits per heavy atom. The first-order valence-electron chi connectivity index (χ1n) is 12.7. The zero-order valence-electron chi connectivity index (χ0n) is 21.0. The number of rotatable bonds is 8. The first-order chi connectivity index (χ1) is 17.4. The summed E-state index contributed by atoms with van der Waals surface area (Å²) >= 11 is 0. The highest BCUT2D eigenvalue weighted by Gasteiger charge is 2.33. The molecule has 2 aliphatic heterocycles. The normalized spacial score (nSPS) is 21.6. The van der Waals surface area contributed by atoms with Crippen LogP contribution in [0.15, 0.2) is 42.5 Å². The maximum absolute atomic E-state index is 13.0. The van der Waals surface area contributed by atoms with Gasteiger partial charge in [0.15, 0.2) is 5.82 Å². The third-order valence-electron chi connectivity index (χ3n) is 7.10. The van der Waals surface area contributed by atoms with Crippen molar-refractivity contribution in [2.24, 2.45) is 5.92 Å². The number of amides is 2. The Morgan fingerprint density at radius 2 is 1.75 bits per heavy atom. The van der Waals surface area contributed by atoms with E-state index in [0.717, 1.165) is 38.9 Å². The van der Waals surface area contributed by atoms with E-state index in [1.165, 1.54) is 11.6 Å². The number of anilines is 1. The summed E-state index contributed by atoms with van der Waals surface area (Å²) in [7, 11) is 0. The number of piperazine rings is 1. The SMILES string of the molecule is C[C@@H]1CN(c2ccc(OC(F)F)nn2)C[C@@H](C)N1C(=O)NCCC1CCN(Cc2ccccc2)CC1. The van der Waals surface area contributed by atoms with Crippen LogP contribution in [0.25, 0.3) is 0 Å². The van der Waals surface area contributed by atoms with Crippen LogP contribution in [0.2, 0.25) is 0 Å². The van der Waals surface area contributed by atoms with Crippen LogP contribution >= 0.6 is 0 Å². The number of carbonyl (C=O) groups is 1. The molecule has 0 saturated carbocycles. The highest BCUT2D eigenvalue weighted by atomic mass is 19.3. The molecule has 0 aliphatic carbocycles. The minimum absolute atomic E-state index is 0.0336. The van der Waals surface area contributed by atoms with Crippen LogP contribution in [0.1, 0.15) is 38.7 Å². The van der Waals surface area contributed by atoms with Gasteiger partial charge in [0.05, 0.1) is 0 Å². The summed E-state index contributed by atoms with van der Waals surface area (Å²) in [5, 5.41) is 10.9. The fourth-order valence-electron chi connectivity index (χ4n) is 5.30. The summed E-state index contributed by atoms with van der Waals surface area (Å²) in [5.41, 5.74) is 1.36. The molecule has 2 saturated heterocycles. The zero-order chi connectivity index (χ0) is 25.5. The van der Waals surface area contributed by atoms with Crippen LogP contribution in [0.5, 0.6) is 5.88 Å². The standard InChI is InChI=1S/C26H36F2N6O2/c1-19-16-33(23-8-9-24(31-30-23)36-25(27)28)17-20(2)34(19)26(35)29-13-10-21-11-14-32(15-12-21)18-22-6-4-3-5-7-22/h3-9,19-21,25H,10-18H2,1-2H3,(H,29,35)/t19-,20-/m1/s1. The lowest BCUT2D eigenvalue weighted by molar-refractivity contribution is -0.0534. The molecule has 0 bridgehead atoms. The summed E-state index contributed by atoms with van der Waals surface area (Å²) in [4.78, 5) is 19.4. The van der Waals surface area contributed by atoms with E-state index >= 15 is 0 Å². The number of hydrogen-bond donors (Lipinski definition) is 1. The van der Waals surface area contributed by atoms with Crippen LogP contribution < -0.4 is 15.0 Å². The maximum Gasteiger partial charge on any atom is 0.388 e. The molecule has 2 aromatic rings. The predicted molar refractivity (Wildman–Crippen MR) is 134 cm³/mol. The molecule has 4 rings (SSSR count). The lowest BCUT2D eigenvalue weighted by atomic mass is 9.93. The Hall–Kier alpha value is -3.01. The summed E-state index contributed by atoms with van der Waals surface area (Å²) < 4.78 is 28.9. The summed E-state index contributed by atoms with van der Waals surface area (Å²) in [6, 6.07) is 13.5. The highest BCUT2D eigenvalue weighted by molar-refractivity contribution is 5.75. The van der Waals surface area contributed by atoms with Crippen molar-refractivity contribution in [3.63, 3.8) is 0 Å². The summed E-state index contributed by atoms with van der Waals surface area (Å²) in [6.45, 7) is 6.13. The lowest BCUT2D eigenvalue weighted by Gasteiger charge is -2.44. The number of nitrogens with one attached hydrogen (secondary N) is 1. The molecule has 2 amide bonds. The maximum atomic E-state index is 13.0. The minimum atomic E-state index is -2.93. The van der Waals surface area contributed by atoms with Crippen LogP contribution in [0.4, 0.5) is 19.4 Å². The molecule has 8 nitrogen and oxygen atoms in total. The molecule has 0 radical (unpaired) electrons. The van der Waals surface area contributed by atoms with Gasteiger partial charge in [-0.15, -0.1) is 10.2 Å². The van der Waals surface area contributed by atoms with E-state index in [2.05, 4.69) is 55.5 Å². The molecular weight excluding hydrogens is 466 g/mol. The number of alkyl halides is 2. The van der Waals surface area contributed by atoms with Gasteiger partial charge in [-0.3, -0.25) is 4.90 Å². The van der Waals surface area contributed by atoms with Crippen molar-refractivity contribution in [3.8, 4) is 5.88 Å². The van der Waals surface area contributed by atoms with Gasteiger partial charge in [0.25, 0.3) is 0 Å². The van der Waals surface area contributed by atoms with E-state index in [9.17, 15) is 13.6 Å². The molecule has 1 aromatic heterocycles. The van der Waals surface area contributed by atoms with Gasteiger partial charge in [-0.05, 0) is 63.7 Å². The Labute approximate surface area is 211 Å². The second-order valence-corrected chi connectivity index (χ2v) is 9.84. The number of benzene rings is 1. The second kappa shape index (κ2) is 12.3. The van der Waals surface area contributed by atoms with Crippen molar-refractivity contribution in [2.75, 3.05) is 37.6 Å². The first-order valence-corrected chi connectivity index (χ1v) is 12.7. The lowest BCUT2D eigenvalue weighted by Crippen LogP contribution is -2.61. The fourth-order valence-corrected chi connectivity index (χ4v) is 5.30. The monoisotopic (exact) mass is 502 g/mol. The largest absolute Gasteiger partial charge is 0.415 e. The number of nitrogens with zero attached hydrogens (tertiary/aromatic N) is 5. The Kier molecular flexibility index (Phi) is 8.90. The van der Waals surface area contributed by atoms with Crippen molar-refractivity contribution in [2.45, 2.75) is 58.3 Å². The fraction of sp³-hybridized carbons (Fsp3) is 0.577. The molecule has 0 unspecified atom stereocenters. The van der Waals surface area contributed by atoms with Crippen LogP contribution in [0, 0.1) is 5.92 Å². The van der Waals surface area contributed by atoms with Crippen molar-refractivity contribution in [1.29, 1.82) is 0 Å². The molecule has 2 atom stereocenters. The van der Waals surface area contributed by atoms with E-state index in [-0.39, 0.29) is 24.0 Å². The van der Waals surface area contributed by atoms with Gasteiger partial charge in [0.1, 0.15) is 0 Å². The average Bonchev–Trinajstić information content (AvgIpc) is 2.85. The molecule has 196 valence electrons. The quantitative estimate of drug-likeness (QED) is 0.589. The van der Waals surface area contributed by atoms with Gasteiger partial charge >= 0.3 is 12.6 Å². The van der Waals surface area contributed by atoms with Crippen LogP contribution in [0.3, 0.4) is 0 Å². The molecule has 1 aromatic carbocycles. The number of aromatic nitrogens is 2. The Morgan fingerprint density at radius 1 is 1.06 bits per heavy atom. The van der Waals surface area contributed by atoms with Gasteiger partial charge in [-0.2, -0.15) is 8.78 Å². The average molecular weight is 503 g/mol. The van der Waals surface area contributed by atoms with Crippen LogP contribution in [-0.2, 0) is 6.54 Å². The van der Waals surface area contributed by atoms with Crippen molar-refractivity contribution in [3.05, 3.63) is 48.0 Å². The van der Waals surface area contributed by atoms with Gasteiger partial charge in [-0.1, -0.05) is 30.3 Å². The number of hydrogen-bond acceptors (Lipinski definition) is 6. The number of urea groups is 1. The van der Waals surface area contributed by atoms with E-state index in [4.69, 9.17) is 0 Å². The van der Waals surface area contributed by atoms with E-state index < -0.39 is 6.61 Å². The number of halogens is 2. The Balaban J connectivity index is 1.18. The number of piperidine rings is 1. The summed E-state index contributed by atoms with van der Waals surface area (Å²) in [5.74, 6) is 1.00. The first kappa shape index (κ1) is 26.1. The van der Waals surface area contributed by atoms with Crippen LogP contribution in [-0.4, -0.2) is 77.4 Å². The van der Waals surface area contributed by atoms with Gasteiger partial charge in [-0.25, -0.2) is 4.79 Å². The van der Waals surface area contributed by atoms with E-state index in [1.54, 1.807) is 6.07 Å². The molecular formula is C26H36F2N6O2. The van der Waals surface area contributed by atoms with Crippen molar-refractivity contribution in [1.82, 2.24) is 25.3 Å². The molecule has 2 fully saturated rings. The van der Waals surface area contributed by atoms with Gasteiger partial charge in [0.2, 0.25) is 5.88 Å². The number of likely N-dealkylation sites (tertiary alicyclic amines) is 1. The molecule has 0 spiro atoms. The number of carbonyl (C=O) groups excluding carboxylic acids is 1. The Bertz CT molecular complexity index is 945. The van der Waals surface area contributed by atoms with E-state index in [0.29, 0.717) is 31.4 Å². The highest BCUT2D eigenvalue weighted by Crippen LogP contribution is 2.23. The second-order valence-electron chi connectivity index (χ2n) is 9.84. The third-order valence-corrected chi connectivity index (χ3v) is 7.10. The predicted octanol–water partition coefficient (Wildman–Crippen LogP) is 3.99. The molecule has 1 N–H and O–H groups in total.